The van der Waals surface area contributed by atoms with Gasteiger partial charge in [-0.1, -0.05) is 17.8 Å². The number of nitrogens with one attached hydrogen (secondary N) is 1. The molecule has 20 heavy (non-hydrogen) atoms. The van der Waals surface area contributed by atoms with Crippen molar-refractivity contribution in [2.24, 2.45) is 0 Å². The summed E-state index contributed by atoms with van der Waals surface area (Å²) in [6.07, 6.45) is 6.13. The number of thioether (sulfide) groups is 1. The normalized spacial score (nSPS) is 10.5. The van der Waals surface area contributed by atoms with Gasteiger partial charge in [-0.25, -0.2) is 4.98 Å². The Kier molecular flexibility index (Phi) is 5.20. The van der Waals surface area contributed by atoms with E-state index in [0.29, 0.717) is 18.5 Å². The van der Waals surface area contributed by atoms with Crippen LogP contribution in [0, 0.1) is 0 Å². The number of hydrogen-bond acceptors (Lipinski definition) is 4. The number of rotatable bonds is 6. The quantitative estimate of drug-likeness (QED) is 0.628. The third-order valence-electron chi connectivity index (χ3n) is 2.80. The number of carbonyl (C=O) groups excluding carboxylic acids is 1. The number of aromatic nitrogens is 2. The van der Waals surface area contributed by atoms with Gasteiger partial charge in [0.2, 0.25) is 0 Å². The molecule has 0 unspecified atom stereocenters. The number of imidazole rings is 1. The van der Waals surface area contributed by atoms with Crippen LogP contribution in [-0.4, -0.2) is 40.0 Å². The molecule has 0 aliphatic carbocycles. The highest BCUT2D eigenvalue weighted by atomic mass is 32.2. The molecule has 0 spiro atoms. The number of benzene rings is 1. The fraction of sp³-hybridized carbons (Fsp3) is 0.286. The second kappa shape index (κ2) is 7.12. The Morgan fingerprint density at radius 2 is 2.35 bits per heavy atom. The smallest absolute Gasteiger partial charge is 0.251 e. The lowest BCUT2D eigenvalue weighted by Gasteiger charge is -2.09. The van der Waals surface area contributed by atoms with Crippen LogP contribution >= 0.6 is 11.8 Å². The Balaban J connectivity index is 2.18. The Bertz CT molecular complexity index is 583. The van der Waals surface area contributed by atoms with Crippen molar-refractivity contribution >= 4 is 17.7 Å². The molecule has 2 rings (SSSR count). The predicted octanol–water partition coefficient (Wildman–Crippen LogP) is 1.71. The first-order valence-corrected chi connectivity index (χ1v) is 7.55. The summed E-state index contributed by atoms with van der Waals surface area (Å²) in [6.45, 7) is 0.549. The van der Waals surface area contributed by atoms with Crippen molar-refractivity contribution in [3.63, 3.8) is 0 Å². The van der Waals surface area contributed by atoms with Gasteiger partial charge >= 0.3 is 0 Å². The molecule has 0 fully saturated rings. The zero-order chi connectivity index (χ0) is 14.4. The van der Waals surface area contributed by atoms with Gasteiger partial charge in [-0.3, -0.25) is 9.36 Å². The fourth-order valence-electron chi connectivity index (χ4n) is 1.82. The van der Waals surface area contributed by atoms with Crippen molar-refractivity contribution in [1.29, 1.82) is 0 Å². The highest BCUT2D eigenvalue weighted by Gasteiger charge is 2.08. The summed E-state index contributed by atoms with van der Waals surface area (Å²) in [5.74, 6) is -0.133. The van der Waals surface area contributed by atoms with Gasteiger partial charge in [0.05, 0.1) is 0 Å². The van der Waals surface area contributed by atoms with Crippen LogP contribution in [0.4, 0.5) is 0 Å². The molecule has 1 heterocycles. The van der Waals surface area contributed by atoms with Crippen LogP contribution in [0.5, 0.6) is 0 Å². The highest BCUT2D eigenvalue weighted by molar-refractivity contribution is 7.98. The van der Waals surface area contributed by atoms with Crippen molar-refractivity contribution in [1.82, 2.24) is 14.9 Å². The van der Waals surface area contributed by atoms with Gasteiger partial charge in [-0.15, -0.1) is 0 Å². The second-order valence-electron chi connectivity index (χ2n) is 4.17. The predicted molar refractivity (Wildman–Crippen MR) is 79.4 cm³/mol. The maximum absolute atomic E-state index is 12.0. The van der Waals surface area contributed by atoms with Crippen LogP contribution in [-0.2, 0) is 0 Å². The van der Waals surface area contributed by atoms with E-state index in [1.54, 1.807) is 24.0 Å². The summed E-state index contributed by atoms with van der Waals surface area (Å²) < 4.78 is 1.94. The molecule has 106 valence electrons. The third kappa shape index (κ3) is 3.40. The molecule has 1 aromatic heterocycles. The van der Waals surface area contributed by atoms with Crippen LogP contribution in [0.15, 0.2) is 41.8 Å². The molecular weight excluding hydrogens is 274 g/mol. The Hall–Kier alpha value is -1.79. The summed E-state index contributed by atoms with van der Waals surface area (Å²) in [5.41, 5.74) is 1.50. The SMILES string of the molecule is CSc1nccn1-c1cccc(C(=O)NCCCO)c1. The lowest BCUT2D eigenvalue weighted by Crippen LogP contribution is -2.25. The van der Waals surface area contributed by atoms with Gasteiger partial charge in [0.25, 0.3) is 5.91 Å². The molecule has 1 amide bonds. The lowest BCUT2D eigenvalue weighted by atomic mass is 10.2. The van der Waals surface area contributed by atoms with E-state index < -0.39 is 0 Å². The van der Waals surface area contributed by atoms with E-state index in [2.05, 4.69) is 10.3 Å². The van der Waals surface area contributed by atoms with E-state index in [9.17, 15) is 4.79 Å². The molecule has 6 heteroatoms. The second-order valence-corrected chi connectivity index (χ2v) is 4.94. The topological polar surface area (TPSA) is 67.2 Å². The Morgan fingerprint density at radius 1 is 1.50 bits per heavy atom. The third-order valence-corrected chi connectivity index (χ3v) is 3.46. The number of amides is 1. The van der Waals surface area contributed by atoms with E-state index in [0.717, 1.165) is 10.8 Å². The average Bonchev–Trinajstić information content (AvgIpc) is 2.96. The van der Waals surface area contributed by atoms with Crippen molar-refractivity contribution in [3.05, 3.63) is 42.2 Å². The Labute approximate surface area is 122 Å². The first-order chi connectivity index (χ1) is 9.76. The van der Waals surface area contributed by atoms with E-state index in [-0.39, 0.29) is 12.5 Å². The van der Waals surface area contributed by atoms with Crippen molar-refractivity contribution in [3.8, 4) is 5.69 Å². The largest absolute Gasteiger partial charge is 0.396 e. The molecule has 0 aliphatic heterocycles. The molecule has 1 aromatic carbocycles. The van der Waals surface area contributed by atoms with Crippen LogP contribution < -0.4 is 5.32 Å². The molecule has 0 saturated carbocycles. The number of aliphatic hydroxyl groups excluding tert-OH is 1. The van der Waals surface area contributed by atoms with Gasteiger partial charge in [-0.2, -0.15) is 0 Å². The minimum atomic E-state index is -0.133. The molecule has 0 bridgehead atoms. The molecule has 5 nitrogen and oxygen atoms in total. The molecule has 2 aromatic rings. The molecule has 0 atom stereocenters. The minimum Gasteiger partial charge on any atom is -0.396 e. The van der Waals surface area contributed by atoms with E-state index in [4.69, 9.17) is 5.11 Å². The summed E-state index contributed by atoms with van der Waals surface area (Å²) in [5, 5.41) is 12.4. The van der Waals surface area contributed by atoms with E-state index >= 15 is 0 Å². The molecule has 0 aliphatic rings. The molecule has 2 N–H and O–H groups in total. The molecule has 0 radical (unpaired) electrons. The molecule has 0 saturated heterocycles. The highest BCUT2D eigenvalue weighted by Crippen LogP contribution is 2.18. The number of nitrogens with zero attached hydrogens (tertiary/aromatic N) is 2. The standard InChI is InChI=1S/C14H17N3O2S/c1-20-14-16-7-8-17(14)12-5-2-4-11(10-12)13(19)15-6-3-9-18/h2,4-5,7-8,10,18H,3,6,9H2,1H3,(H,15,19). The van der Waals surface area contributed by atoms with E-state index in [1.807, 2.05) is 35.2 Å². The number of hydrogen-bond donors (Lipinski definition) is 2. The summed E-state index contributed by atoms with van der Waals surface area (Å²) >= 11 is 1.55. The Morgan fingerprint density at radius 3 is 3.10 bits per heavy atom. The van der Waals surface area contributed by atoms with Crippen LogP contribution in [0.25, 0.3) is 5.69 Å². The summed E-state index contributed by atoms with van der Waals surface area (Å²) in [4.78, 5) is 16.2. The van der Waals surface area contributed by atoms with Gasteiger partial charge in [0.1, 0.15) is 0 Å². The monoisotopic (exact) mass is 291 g/mol. The maximum Gasteiger partial charge on any atom is 0.251 e. The van der Waals surface area contributed by atoms with E-state index in [1.165, 1.54) is 0 Å². The van der Waals surface area contributed by atoms with Crippen LogP contribution in [0.3, 0.4) is 0 Å². The number of carbonyl (C=O) groups is 1. The first-order valence-electron chi connectivity index (χ1n) is 6.33. The van der Waals surface area contributed by atoms with Gasteiger partial charge in [-0.05, 0) is 30.9 Å². The first kappa shape index (κ1) is 14.6. The average molecular weight is 291 g/mol. The van der Waals surface area contributed by atoms with Gasteiger partial charge < -0.3 is 10.4 Å². The van der Waals surface area contributed by atoms with Gasteiger partial charge in [0, 0.05) is 36.8 Å². The van der Waals surface area contributed by atoms with Crippen molar-refractivity contribution in [2.75, 3.05) is 19.4 Å². The fourth-order valence-corrected chi connectivity index (χ4v) is 2.35. The summed E-state index contributed by atoms with van der Waals surface area (Å²) in [6, 6.07) is 7.38. The number of aliphatic hydroxyl groups is 1. The summed E-state index contributed by atoms with van der Waals surface area (Å²) in [7, 11) is 0. The maximum atomic E-state index is 12.0. The lowest BCUT2D eigenvalue weighted by molar-refractivity contribution is 0.0951. The van der Waals surface area contributed by atoms with Crippen LogP contribution in [0.1, 0.15) is 16.8 Å². The van der Waals surface area contributed by atoms with Gasteiger partial charge in [0.15, 0.2) is 5.16 Å². The van der Waals surface area contributed by atoms with Crippen molar-refractivity contribution < 1.29 is 9.90 Å². The minimum absolute atomic E-state index is 0.0758. The van der Waals surface area contributed by atoms with Crippen LogP contribution in [0.2, 0.25) is 0 Å². The zero-order valence-corrected chi connectivity index (χ0v) is 12.1. The van der Waals surface area contributed by atoms with Crippen molar-refractivity contribution in [2.45, 2.75) is 11.6 Å². The zero-order valence-electron chi connectivity index (χ0n) is 11.2. The molecular formula is C14H17N3O2S.